The number of hydrogen-bond donors (Lipinski definition) is 0. The van der Waals surface area contributed by atoms with Crippen molar-refractivity contribution < 1.29 is 0 Å². The highest BCUT2D eigenvalue weighted by Gasteiger charge is 2.01. The lowest BCUT2D eigenvalue weighted by Gasteiger charge is -2.06. The van der Waals surface area contributed by atoms with Crippen molar-refractivity contribution in [2.75, 3.05) is 6.26 Å². The minimum atomic E-state index is 1.02. The molecule has 0 unspecified atom stereocenters. The minimum absolute atomic E-state index is 1.02. The number of aryl methyl sites for hydroxylation is 1. The summed E-state index contributed by atoms with van der Waals surface area (Å²) in [5, 5.41) is 0. The zero-order valence-electron chi connectivity index (χ0n) is 14.6. The van der Waals surface area contributed by atoms with E-state index in [1.807, 2.05) is 23.5 Å². The highest BCUT2D eigenvalue weighted by atomic mass is 32.2. The van der Waals surface area contributed by atoms with E-state index < -0.39 is 0 Å². The van der Waals surface area contributed by atoms with E-state index in [4.69, 9.17) is 0 Å². The van der Waals surface area contributed by atoms with Gasteiger partial charge in [0.15, 0.2) is 0 Å². The first-order valence-electron chi connectivity index (χ1n) is 8.39. The largest absolute Gasteiger partial charge is 0.130 e. The molecule has 0 amide bonds. The molecule has 0 heterocycles. The third kappa shape index (κ3) is 5.60. The SMILES string of the molecule is CCc1ccc(CSc2ccc(Sc3ccc(SC)cc3)cc2)cc1. The van der Waals surface area contributed by atoms with E-state index in [1.165, 1.54) is 30.7 Å². The molecular formula is C22H22S3. The van der Waals surface area contributed by atoms with Crippen LogP contribution in [0.4, 0.5) is 0 Å². The highest BCUT2D eigenvalue weighted by molar-refractivity contribution is 7.99. The van der Waals surface area contributed by atoms with E-state index in [0.29, 0.717) is 0 Å². The van der Waals surface area contributed by atoms with E-state index in [-0.39, 0.29) is 0 Å². The second kappa shape index (κ2) is 9.42. The van der Waals surface area contributed by atoms with Crippen LogP contribution >= 0.6 is 35.3 Å². The molecule has 0 saturated carbocycles. The van der Waals surface area contributed by atoms with Gasteiger partial charge in [-0.15, -0.1) is 23.5 Å². The van der Waals surface area contributed by atoms with Gasteiger partial charge in [-0.25, -0.2) is 0 Å². The summed E-state index contributed by atoms with van der Waals surface area (Å²) in [7, 11) is 0. The van der Waals surface area contributed by atoms with Crippen molar-refractivity contribution in [1.82, 2.24) is 0 Å². The van der Waals surface area contributed by atoms with Crippen LogP contribution < -0.4 is 0 Å². The van der Waals surface area contributed by atoms with Gasteiger partial charge in [-0.2, -0.15) is 0 Å². The summed E-state index contributed by atoms with van der Waals surface area (Å²) in [6.45, 7) is 2.19. The molecule has 25 heavy (non-hydrogen) atoms. The Kier molecular flexibility index (Phi) is 6.97. The Morgan fingerprint density at radius 3 is 1.60 bits per heavy atom. The monoisotopic (exact) mass is 382 g/mol. The lowest BCUT2D eigenvalue weighted by Crippen LogP contribution is -1.83. The van der Waals surface area contributed by atoms with Gasteiger partial charge in [-0.3, -0.25) is 0 Å². The van der Waals surface area contributed by atoms with E-state index in [2.05, 4.69) is 86.0 Å². The van der Waals surface area contributed by atoms with Crippen molar-refractivity contribution in [3.63, 3.8) is 0 Å². The minimum Gasteiger partial charge on any atom is -0.130 e. The Bertz CT molecular complexity index is 775. The fraction of sp³-hybridized carbons (Fsp3) is 0.182. The maximum absolute atomic E-state index is 2.24. The second-order valence-electron chi connectivity index (χ2n) is 5.71. The summed E-state index contributed by atoms with van der Waals surface area (Å²) in [5.41, 5.74) is 2.79. The van der Waals surface area contributed by atoms with Gasteiger partial charge in [0.05, 0.1) is 0 Å². The third-order valence-corrected chi connectivity index (χ3v) is 6.80. The van der Waals surface area contributed by atoms with Crippen LogP contribution in [-0.2, 0) is 12.2 Å². The highest BCUT2D eigenvalue weighted by Crippen LogP contribution is 2.31. The first-order chi connectivity index (χ1) is 12.3. The van der Waals surface area contributed by atoms with Crippen LogP contribution in [-0.4, -0.2) is 6.26 Å². The van der Waals surface area contributed by atoms with Crippen LogP contribution in [0.5, 0.6) is 0 Å². The summed E-state index contributed by atoms with van der Waals surface area (Å²) < 4.78 is 0. The summed E-state index contributed by atoms with van der Waals surface area (Å²) in [5.74, 6) is 1.02. The zero-order valence-corrected chi connectivity index (χ0v) is 17.0. The molecule has 3 heteroatoms. The molecule has 128 valence electrons. The average Bonchev–Trinajstić information content (AvgIpc) is 2.68. The molecule has 0 N–H and O–H groups in total. The first kappa shape index (κ1) is 18.5. The molecule has 0 bridgehead atoms. The number of benzene rings is 3. The van der Waals surface area contributed by atoms with Crippen molar-refractivity contribution in [3.05, 3.63) is 83.9 Å². The number of hydrogen-bond acceptors (Lipinski definition) is 3. The van der Waals surface area contributed by atoms with Crippen LogP contribution in [0.15, 0.2) is 92.4 Å². The normalized spacial score (nSPS) is 10.8. The molecule has 0 aliphatic carbocycles. The van der Waals surface area contributed by atoms with Gasteiger partial charge < -0.3 is 0 Å². The molecular weight excluding hydrogens is 360 g/mol. The predicted octanol–water partition coefficient (Wildman–Crippen LogP) is 7.41. The standard InChI is InChI=1S/C22H22S3/c1-3-17-4-6-18(7-5-17)16-24-20-10-14-22(15-11-20)25-21-12-8-19(23-2)9-13-21/h4-15H,3,16H2,1-2H3. The van der Waals surface area contributed by atoms with Gasteiger partial charge in [0.1, 0.15) is 0 Å². The number of thioether (sulfide) groups is 2. The van der Waals surface area contributed by atoms with Crippen molar-refractivity contribution in [2.24, 2.45) is 0 Å². The molecule has 0 fully saturated rings. The smallest absolute Gasteiger partial charge is 0.0231 e. The molecule has 0 saturated heterocycles. The van der Waals surface area contributed by atoms with Crippen LogP contribution in [0.2, 0.25) is 0 Å². The van der Waals surface area contributed by atoms with Crippen LogP contribution in [0, 0.1) is 0 Å². The van der Waals surface area contributed by atoms with Crippen molar-refractivity contribution in [3.8, 4) is 0 Å². The van der Waals surface area contributed by atoms with Crippen molar-refractivity contribution in [1.29, 1.82) is 0 Å². The predicted molar refractivity (Wildman–Crippen MR) is 114 cm³/mol. The third-order valence-electron chi connectivity index (χ3n) is 3.96. The van der Waals surface area contributed by atoms with Gasteiger partial charge in [0.2, 0.25) is 0 Å². The van der Waals surface area contributed by atoms with E-state index in [1.54, 1.807) is 11.8 Å². The van der Waals surface area contributed by atoms with Gasteiger partial charge in [0.25, 0.3) is 0 Å². The Morgan fingerprint density at radius 2 is 1.08 bits per heavy atom. The summed E-state index contributed by atoms with van der Waals surface area (Å²) in [4.78, 5) is 5.20. The first-order valence-corrected chi connectivity index (χ1v) is 11.4. The molecule has 0 spiro atoms. The lowest BCUT2D eigenvalue weighted by molar-refractivity contribution is 1.13. The fourth-order valence-electron chi connectivity index (χ4n) is 2.42. The van der Waals surface area contributed by atoms with Gasteiger partial charge in [-0.1, -0.05) is 43.0 Å². The zero-order chi connectivity index (χ0) is 17.5. The fourth-order valence-corrected chi connectivity index (χ4v) is 4.50. The molecule has 0 aromatic heterocycles. The van der Waals surface area contributed by atoms with Gasteiger partial charge in [0, 0.05) is 25.3 Å². The maximum Gasteiger partial charge on any atom is 0.0231 e. The Morgan fingerprint density at radius 1 is 0.600 bits per heavy atom. The van der Waals surface area contributed by atoms with Crippen LogP contribution in [0.3, 0.4) is 0 Å². The molecule has 0 radical (unpaired) electrons. The van der Waals surface area contributed by atoms with Crippen LogP contribution in [0.1, 0.15) is 18.1 Å². The van der Waals surface area contributed by atoms with Crippen molar-refractivity contribution >= 4 is 35.3 Å². The van der Waals surface area contributed by atoms with E-state index in [0.717, 1.165) is 12.2 Å². The summed E-state index contributed by atoms with van der Waals surface area (Å²) in [6, 6.07) is 26.6. The summed E-state index contributed by atoms with van der Waals surface area (Å²) in [6.07, 6.45) is 3.21. The molecule has 0 nitrogen and oxygen atoms in total. The molecule has 3 aromatic rings. The van der Waals surface area contributed by atoms with Crippen molar-refractivity contribution in [2.45, 2.75) is 38.7 Å². The molecule has 0 aliphatic heterocycles. The Hall–Kier alpha value is -1.29. The lowest BCUT2D eigenvalue weighted by atomic mass is 10.1. The summed E-state index contributed by atoms with van der Waals surface area (Å²) >= 11 is 5.49. The quantitative estimate of drug-likeness (QED) is 0.390. The molecule has 0 aliphatic rings. The van der Waals surface area contributed by atoms with E-state index >= 15 is 0 Å². The molecule has 3 aromatic carbocycles. The Balaban J connectivity index is 1.55. The van der Waals surface area contributed by atoms with E-state index in [9.17, 15) is 0 Å². The number of rotatable bonds is 7. The topological polar surface area (TPSA) is 0 Å². The Labute approximate surface area is 163 Å². The maximum atomic E-state index is 2.24. The molecule has 3 rings (SSSR count). The van der Waals surface area contributed by atoms with Gasteiger partial charge >= 0.3 is 0 Å². The molecule has 0 atom stereocenters. The van der Waals surface area contributed by atoms with Crippen LogP contribution in [0.25, 0.3) is 0 Å². The second-order valence-corrected chi connectivity index (χ2v) is 8.78. The average molecular weight is 383 g/mol. The van der Waals surface area contributed by atoms with Gasteiger partial charge in [-0.05, 0) is 72.3 Å².